The molecule has 0 aliphatic heterocycles. The van der Waals surface area contributed by atoms with Gasteiger partial charge in [-0.3, -0.25) is 4.79 Å². The Morgan fingerprint density at radius 1 is 1.19 bits per heavy atom. The second-order valence-electron chi connectivity index (χ2n) is 6.74. The summed E-state index contributed by atoms with van der Waals surface area (Å²) < 4.78 is 0. The van der Waals surface area contributed by atoms with E-state index in [1.807, 2.05) is 19.1 Å². The lowest BCUT2D eigenvalue weighted by Crippen LogP contribution is -2.40. The molecule has 0 saturated carbocycles. The van der Waals surface area contributed by atoms with Crippen molar-refractivity contribution in [2.45, 2.75) is 19.9 Å². The van der Waals surface area contributed by atoms with E-state index in [1.165, 1.54) is 15.7 Å². The second kappa shape index (κ2) is 10.9. The van der Waals surface area contributed by atoms with Crippen LogP contribution in [-0.2, 0) is 4.79 Å². The maximum atomic E-state index is 11.8. The predicted molar refractivity (Wildman–Crippen MR) is 125 cm³/mol. The highest BCUT2D eigenvalue weighted by Gasteiger charge is 2.10. The zero-order valence-electron chi connectivity index (χ0n) is 16.5. The van der Waals surface area contributed by atoms with Gasteiger partial charge < -0.3 is 15.5 Å². The van der Waals surface area contributed by atoms with Crippen LogP contribution in [0.15, 0.2) is 59.6 Å². The van der Waals surface area contributed by atoms with E-state index in [2.05, 4.69) is 59.5 Å². The number of fused-ring (bicyclic) bond motifs is 1. The Morgan fingerprint density at radius 2 is 1.85 bits per heavy atom. The maximum Gasteiger partial charge on any atom is 0.243 e. The van der Waals surface area contributed by atoms with Crippen molar-refractivity contribution in [1.29, 1.82) is 0 Å². The first-order chi connectivity index (χ1) is 12.4. The van der Waals surface area contributed by atoms with Crippen LogP contribution < -0.4 is 10.6 Å². The van der Waals surface area contributed by atoms with Crippen LogP contribution in [0.2, 0.25) is 0 Å². The molecule has 27 heavy (non-hydrogen) atoms. The fourth-order valence-electron chi connectivity index (χ4n) is 2.44. The average Bonchev–Trinajstić information content (AvgIpc) is 2.62. The van der Waals surface area contributed by atoms with Gasteiger partial charge in [0, 0.05) is 20.6 Å². The van der Waals surface area contributed by atoms with E-state index in [-0.39, 0.29) is 42.5 Å². The van der Waals surface area contributed by atoms with Gasteiger partial charge in [-0.1, -0.05) is 48.6 Å². The van der Waals surface area contributed by atoms with E-state index in [1.54, 1.807) is 14.1 Å². The lowest BCUT2D eigenvalue weighted by Gasteiger charge is -2.19. The van der Waals surface area contributed by atoms with Crippen molar-refractivity contribution in [1.82, 2.24) is 15.5 Å². The van der Waals surface area contributed by atoms with Crippen LogP contribution in [0.3, 0.4) is 0 Å². The van der Waals surface area contributed by atoms with E-state index in [0.29, 0.717) is 12.5 Å². The third-order valence-electron chi connectivity index (χ3n) is 4.06. The maximum absolute atomic E-state index is 11.8. The number of benzene rings is 2. The summed E-state index contributed by atoms with van der Waals surface area (Å²) in [6.07, 6.45) is 0. The summed E-state index contributed by atoms with van der Waals surface area (Å²) in [5, 5.41) is 9.02. The molecule has 2 aromatic carbocycles. The van der Waals surface area contributed by atoms with Crippen molar-refractivity contribution in [2.75, 3.05) is 27.2 Å². The number of carbonyl (C=O) groups excluding carboxylic acids is 1. The van der Waals surface area contributed by atoms with Crippen LogP contribution in [0.5, 0.6) is 0 Å². The zero-order valence-corrected chi connectivity index (χ0v) is 18.8. The molecule has 6 heteroatoms. The van der Waals surface area contributed by atoms with Gasteiger partial charge in [0.15, 0.2) is 5.96 Å². The number of amides is 1. The van der Waals surface area contributed by atoms with Gasteiger partial charge in [0.25, 0.3) is 0 Å². The van der Waals surface area contributed by atoms with Crippen LogP contribution >= 0.6 is 24.0 Å². The normalized spacial score (nSPS) is 12.1. The summed E-state index contributed by atoms with van der Waals surface area (Å²) in [7, 11) is 3.45. The minimum Gasteiger partial charge on any atom is -0.353 e. The summed E-state index contributed by atoms with van der Waals surface area (Å²) in [5.74, 6) is 0.559. The first kappa shape index (κ1) is 23.0. The first-order valence-electron chi connectivity index (χ1n) is 8.75. The Hall–Kier alpha value is -2.09. The molecule has 0 spiro atoms. The van der Waals surface area contributed by atoms with Crippen LogP contribution in [-0.4, -0.2) is 44.0 Å². The molecular weight excluding hydrogens is 451 g/mol. The highest BCUT2D eigenvalue weighted by atomic mass is 127. The van der Waals surface area contributed by atoms with E-state index in [9.17, 15) is 4.79 Å². The average molecular weight is 480 g/mol. The molecule has 0 radical (unpaired) electrons. The minimum absolute atomic E-state index is 0. The molecule has 0 saturated heterocycles. The van der Waals surface area contributed by atoms with Gasteiger partial charge in [-0.25, -0.2) is 4.99 Å². The zero-order chi connectivity index (χ0) is 19.1. The molecule has 2 N–H and O–H groups in total. The molecule has 0 aliphatic rings. The number of rotatable bonds is 6. The fourth-order valence-corrected chi connectivity index (χ4v) is 2.44. The van der Waals surface area contributed by atoms with Gasteiger partial charge in [0.2, 0.25) is 5.91 Å². The molecule has 0 aromatic heterocycles. The van der Waals surface area contributed by atoms with E-state index in [0.717, 1.165) is 11.1 Å². The number of likely N-dealkylation sites (N-methyl/N-ethyl adjacent to an activating group) is 1. The Labute approximate surface area is 178 Å². The van der Waals surface area contributed by atoms with Crippen LogP contribution in [0, 0.1) is 0 Å². The number of guanidine groups is 1. The summed E-state index contributed by atoms with van der Waals surface area (Å²) >= 11 is 0. The number of nitrogens with zero attached hydrogens (tertiary/aromatic N) is 2. The van der Waals surface area contributed by atoms with Gasteiger partial charge in [0.05, 0.1) is 6.04 Å². The van der Waals surface area contributed by atoms with E-state index >= 15 is 0 Å². The molecule has 146 valence electrons. The molecule has 0 aliphatic carbocycles. The molecule has 1 atom stereocenters. The van der Waals surface area contributed by atoms with Gasteiger partial charge in [-0.05, 0) is 36.2 Å². The first-order valence-corrected chi connectivity index (χ1v) is 8.75. The van der Waals surface area contributed by atoms with Gasteiger partial charge in [0.1, 0.15) is 6.54 Å². The van der Waals surface area contributed by atoms with Crippen LogP contribution in [0.1, 0.15) is 25.5 Å². The smallest absolute Gasteiger partial charge is 0.243 e. The highest BCUT2D eigenvalue weighted by molar-refractivity contribution is 14.0. The van der Waals surface area contributed by atoms with Gasteiger partial charge in [-0.2, -0.15) is 0 Å². The molecule has 0 fully saturated rings. The van der Waals surface area contributed by atoms with Crippen LogP contribution in [0.4, 0.5) is 0 Å². The monoisotopic (exact) mass is 480 g/mol. The number of halogens is 1. The molecule has 0 heterocycles. The summed E-state index contributed by atoms with van der Waals surface area (Å²) in [6, 6.07) is 14.7. The number of hydrogen-bond donors (Lipinski definition) is 2. The lowest BCUT2D eigenvalue weighted by atomic mass is 10.0. The topological polar surface area (TPSA) is 56.7 Å². The molecule has 2 aromatic rings. The van der Waals surface area contributed by atoms with E-state index < -0.39 is 0 Å². The Balaban J connectivity index is 0.00000364. The largest absolute Gasteiger partial charge is 0.353 e. The predicted octanol–water partition coefficient (Wildman–Crippen LogP) is 3.72. The lowest BCUT2D eigenvalue weighted by molar-refractivity contribution is -0.127. The van der Waals surface area contributed by atoms with Crippen molar-refractivity contribution < 1.29 is 4.79 Å². The Morgan fingerprint density at radius 3 is 2.48 bits per heavy atom. The van der Waals surface area contributed by atoms with Crippen molar-refractivity contribution in [3.05, 3.63) is 60.2 Å². The molecule has 1 unspecified atom stereocenters. The standard InChI is InChI=1S/C21H28N4O.HI/c1-15(2)13-22-21(23-14-20(26)25(4)5)24-16(3)18-11-10-17-8-6-7-9-19(17)12-18;/h6-12,16H,1,13-14H2,2-5H3,(H2,22,23,24);1H. The van der Waals surface area contributed by atoms with Crippen molar-refractivity contribution >= 4 is 46.6 Å². The summed E-state index contributed by atoms with van der Waals surface area (Å²) in [6.45, 7) is 8.63. The number of carbonyl (C=O) groups is 1. The SMILES string of the molecule is C=C(C)CNC(=NCC(=O)N(C)C)NC(C)c1ccc2ccccc2c1.I. The number of nitrogens with one attached hydrogen (secondary N) is 2. The van der Waals surface area contributed by atoms with Crippen molar-refractivity contribution in [3.8, 4) is 0 Å². The summed E-state index contributed by atoms with van der Waals surface area (Å²) in [5.41, 5.74) is 2.16. The fraction of sp³-hybridized carbons (Fsp3) is 0.333. The van der Waals surface area contributed by atoms with Crippen molar-refractivity contribution in [2.24, 2.45) is 4.99 Å². The quantitative estimate of drug-likeness (QED) is 0.287. The second-order valence-corrected chi connectivity index (χ2v) is 6.74. The van der Waals surface area contributed by atoms with Gasteiger partial charge in [-0.15, -0.1) is 24.0 Å². The van der Waals surface area contributed by atoms with Crippen LogP contribution in [0.25, 0.3) is 10.8 Å². The Kier molecular flexibility index (Phi) is 9.28. The molecule has 1 amide bonds. The molecule has 2 rings (SSSR count). The van der Waals surface area contributed by atoms with Gasteiger partial charge >= 0.3 is 0 Å². The third kappa shape index (κ3) is 7.21. The molecule has 0 bridgehead atoms. The van der Waals surface area contributed by atoms with E-state index in [4.69, 9.17) is 0 Å². The molecule has 5 nitrogen and oxygen atoms in total. The third-order valence-corrected chi connectivity index (χ3v) is 4.06. The Bertz CT molecular complexity index is 817. The molecular formula is C21H29IN4O. The number of aliphatic imine (C=N–C) groups is 1. The van der Waals surface area contributed by atoms with Crippen molar-refractivity contribution in [3.63, 3.8) is 0 Å². The highest BCUT2D eigenvalue weighted by Crippen LogP contribution is 2.20. The summed E-state index contributed by atoms with van der Waals surface area (Å²) in [4.78, 5) is 17.8. The minimum atomic E-state index is -0.0419. The number of hydrogen-bond acceptors (Lipinski definition) is 2.